The summed E-state index contributed by atoms with van der Waals surface area (Å²) in [5.74, 6) is -0.228. The van der Waals surface area contributed by atoms with E-state index in [-0.39, 0.29) is 5.82 Å². The highest BCUT2D eigenvalue weighted by Gasteiger charge is 1.99. The molecule has 0 saturated carbocycles. The van der Waals surface area contributed by atoms with E-state index in [2.05, 4.69) is 4.98 Å². The van der Waals surface area contributed by atoms with Crippen molar-refractivity contribution >= 4 is 0 Å². The zero-order valence-electron chi connectivity index (χ0n) is 7.94. The van der Waals surface area contributed by atoms with Gasteiger partial charge < -0.3 is 4.57 Å². The summed E-state index contributed by atoms with van der Waals surface area (Å²) in [6.07, 6.45) is 4.50. The fourth-order valence-electron chi connectivity index (χ4n) is 1.32. The smallest absolute Gasteiger partial charge is 0.125 e. The van der Waals surface area contributed by atoms with Gasteiger partial charge >= 0.3 is 0 Å². The lowest BCUT2D eigenvalue weighted by Gasteiger charge is -2.00. The molecular formula is C11H11FN2. The summed E-state index contributed by atoms with van der Waals surface area (Å²) in [6.45, 7) is 2.04. The molecule has 1 aromatic carbocycles. The van der Waals surface area contributed by atoms with E-state index in [4.69, 9.17) is 0 Å². The Bertz CT molecular complexity index is 434. The molecule has 2 rings (SSSR count). The minimum atomic E-state index is -0.228. The van der Waals surface area contributed by atoms with Gasteiger partial charge in [-0.3, -0.25) is 0 Å². The van der Waals surface area contributed by atoms with Crippen molar-refractivity contribution in [1.82, 2.24) is 9.55 Å². The summed E-state index contributed by atoms with van der Waals surface area (Å²) >= 11 is 0. The second kappa shape index (κ2) is 3.62. The molecule has 0 saturated heterocycles. The Morgan fingerprint density at radius 3 is 2.93 bits per heavy atom. The largest absolute Gasteiger partial charge is 0.306 e. The maximum absolute atomic E-state index is 12.9. The maximum Gasteiger partial charge on any atom is 0.125 e. The van der Waals surface area contributed by atoms with Gasteiger partial charge in [-0.25, -0.2) is 9.37 Å². The summed E-state index contributed by atoms with van der Waals surface area (Å²) in [5.41, 5.74) is 1.81. The van der Waals surface area contributed by atoms with Crippen molar-refractivity contribution in [3.8, 4) is 5.69 Å². The van der Waals surface area contributed by atoms with Gasteiger partial charge in [0, 0.05) is 11.9 Å². The zero-order chi connectivity index (χ0) is 9.97. The zero-order valence-corrected chi connectivity index (χ0v) is 7.94. The first kappa shape index (κ1) is 8.94. The fourth-order valence-corrected chi connectivity index (χ4v) is 1.32. The SMILES string of the molecule is CCc1cn(-c2cccc(F)c2)cn1. The number of hydrogen-bond donors (Lipinski definition) is 0. The van der Waals surface area contributed by atoms with Crippen molar-refractivity contribution in [3.63, 3.8) is 0 Å². The number of halogens is 1. The van der Waals surface area contributed by atoms with Crippen LogP contribution in [-0.4, -0.2) is 9.55 Å². The van der Waals surface area contributed by atoms with Gasteiger partial charge in [0.2, 0.25) is 0 Å². The van der Waals surface area contributed by atoms with Crippen LogP contribution in [0.2, 0.25) is 0 Å². The molecule has 3 heteroatoms. The van der Waals surface area contributed by atoms with Crippen LogP contribution in [0.15, 0.2) is 36.8 Å². The third kappa shape index (κ3) is 1.66. The van der Waals surface area contributed by atoms with Crippen LogP contribution < -0.4 is 0 Å². The number of nitrogens with zero attached hydrogens (tertiary/aromatic N) is 2. The van der Waals surface area contributed by atoms with Crippen LogP contribution in [0.3, 0.4) is 0 Å². The molecule has 2 aromatic rings. The van der Waals surface area contributed by atoms with Crippen LogP contribution in [0.25, 0.3) is 5.69 Å². The molecule has 72 valence electrons. The molecule has 2 nitrogen and oxygen atoms in total. The second-order valence-corrected chi connectivity index (χ2v) is 3.11. The Balaban J connectivity index is 2.39. The Morgan fingerprint density at radius 2 is 2.29 bits per heavy atom. The number of aromatic nitrogens is 2. The molecule has 0 N–H and O–H groups in total. The van der Waals surface area contributed by atoms with Crippen LogP contribution in [0, 0.1) is 5.82 Å². The van der Waals surface area contributed by atoms with Gasteiger partial charge in [0.25, 0.3) is 0 Å². The average Bonchev–Trinajstić information content (AvgIpc) is 2.66. The highest BCUT2D eigenvalue weighted by molar-refractivity contribution is 5.32. The van der Waals surface area contributed by atoms with Gasteiger partial charge in [0.15, 0.2) is 0 Å². The van der Waals surface area contributed by atoms with E-state index >= 15 is 0 Å². The standard InChI is InChI=1S/C11H11FN2/c1-2-10-7-14(8-13-10)11-5-3-4-9(12)6-11/h3-8H,2H2,1H3. The lowest BCUT2D eigenvalue weighted by Crippen LogP contribution is -1.90. The van der Waals surface area contributed by atoms with Crippen LogP contribution in [-0.2, 0) is 6.42 Å². The quantitative estimate of drug-likeness (QED) is 0.711. The topological polar surface area (TPSA) is 17.8 Å². The predicted octanol–water partition coefficient (Wildman–Crippen LogP) is 2.57. The summed E-state index contributed by atoms with van der Waals surface area (Å²) in [4.78, 5) is 4.18. The van der Waals surface area contributed by atoms with Crippen molar-refractivity contribution in [1.29, 1.82) is 0 Å². The lowest BCUT2D eigenvalue weighted by atomic mass is 10.3. The fraction of sp³-hybridized carbons (Fsp3) is 0.182. The Kier molecular flexibility index (Phi) is 2.31. The van der Waals surface area contributed by atoms with Gasteiger partial charge in [-0.1, -0.05) is 13.0 Å². The van der Waals surface area contributed by atoms with Crippen molar-refractivity contribution in [2.45, 2.75) is 13.3 Å². The molecule has 0 radical (unpaired) electrons. The molecule has 0 atom stereocenters. The van der Waals surface area contributed by atoms with E-state index in [1.807, 2.05) is 23.8 Å². The van der Waals surface area contributed by atoms with Crippen LogP contribution in [0.1, 0.15) is 12.6 Å². The Hall–Kier alpha value is -1.64. The van der Waals surface area contributed by atoms with Gasteiger partial charge in [-0.2, -0.15) is 0 Å². The monoisotopic (exact) mass is 190 g/mol. The third-order valence-electron chi connectivity index (χ3n) is 2.10. The molecule has 1 heterocycles. The first-order chi connectivity index (χ1) is 6.79. The molecule has 0 amide bonds. The van der Waals surface area contributed by atoms with Gasteiger partial charge in [0.05, 0.1) is 12.0 Å². The predicted molar refractivity (Wildman–Crippen MR) is 52.9 cm³/mol. The summed E-state index contributed by atoms with van der Waals surface area (Å²) < 4.78 is 14.7. The third-order valence-corrected chi connectivity index (χ3v) is 2.10. The summed E-state index contributed by atoms with van der Waals surface area (Å²) in [5, 5.41) is 0. The Labute approximate surface area is 82.0 Å². The molecule has 0 fully saturated rings. The van der Waals surface area contributed by atoms with Crippen molar-refractivity contribution in [2.75, 3.05) is 0 Å². The van der Waals surface area contributed by atoms with Gasteiger partial charge in [-0.15, -0.1) is 0 Å². The number of hydrogen-bond acceptors (Lipinski definition) is 1. The normalized spacial score (nSPS) is 10.4. The maximum atomic E-state index is 12.9. The molecule has 1 aromatic heterocycles. The minimum Gasteiger partial charge on any atom is -0.306 e. The lowest BCUT2D eigenvalue weighted by molar-refractivity contribution is 0.626. The summed E-state index contributed by atoms with van der Waals surface area (Å²) in [6, 6.07) is 6.46. The van der Waals surface area contributed by atoms with Crippen molar-refractivity contribution in [2.24, 2.45) is 0 Å². The Morgan fingerprint density at radius 1 is 1.43 bits per heavy atom. The number of imidazole rings is 1. The number of rotatable bonds is 2. The molecule has 0 unspecified atom stereocenters. The molecule has 0 aliphatic rings. The van der Waals surface area contributed by atoms with Crippen LogP contribution in [0.5, 0.6) is 0 Å². The minimum absolute atomic E-state index is 0.228. The molecule has 0 bridgehead atoms. The molecule has 14 heavy (non-hydrogen) atoms. The van der Waals surface area contributed by atoms with Crippen molar-refractivity contribution < 1.29 is 4.39 Å². The van der Waals surface area contributed by atoms with E-state index in [0.29, 0.717) is 0 Å². The molecular weight excluding hydrogens is 179 g/mol. The van der Waals surface area contributed by atoms with E-state index in [1.165, 1.54) is 12.1 Å². The van der Waals surface area contributed by atoms with E-state index in [1.54, 1.807) is 12.4 Å². The molecule has 0 spiro atoms. The van der Waals surface area contributed by atoms with Crippen LogP contribution in [0.4, 0.5) is 4.39 Å². The van der Waals surface area contributed by atoms with E-state index < -0.39 is 0 Å². The van der Waals surface area contributed by atoms with E-state index in [9.17, 15) is 4.39 Å². The van der Waals surface area contributed by atoms with Crippen LogP contribution >= 0.6 is 0 Å². The highest BCUT2D eigenvalue weighted by atomic mass is 19.1. The first-order valence-corrected chi connectivity index (χ1v) is 4.58. The second-order valence-electron chi connectivity index (χ2n) is 3.11. The van der Waals surface area contributed by atoms with E-state index in [0.717, 1.165) is 17.8 Å². The average molecular weight is 190 g/mol. The highest BCUT2D eigenvalue weighted by Crippen LogP contribution is 2.10. The van der Waals surface area contributed by atoms with Gasteiger partial charge in [-0.05, 0) is 24.6 Å². The van der Waals surface area contributed by atoms with Crippen molar-refractivity contribution in [3.05, 3.63) is 48.3 Å². The number of aryl methyl sites for hydroxylation is 1. The first-order valence-electron chi connectivity index (χ1n) is 4.58. The molecule has 0 aliphatic heterocycles. The van der Waals surface area contributed by atoms with Gasteiger partial charge in [0.1, 0.15) is 5.82 Å². The summed E-state index contributed by atoms with van der Waals surface area (Å²) in [7, 11) is 0. The molecule has 0 aliphatic carbocycles. The number of benzene rings is 1.